The minimum Gasteiger partial charge on any atom is -0.399 e. The summed E-state index contributed by atoms with van der Waals surface area (Å²) >= 11 is 0. The van der Waals surface area contributed by atoms with E-state index < -0.39 is 0 Å². The first-order chi connectivity index (χ1) is 6.66. The molecule has 0 unspecified atom stereocenters. The summed E-state index contributed by atoms with van der Waals surface area (Å²) in [7, 11) is 1.83. The first-order valence-corrected chi connectivity index (χ1v) is 4.20. The van der Waals surface area contributed by atoms with Gasteiger partial charge in [-0.1, -0.05) is 0 Å². The number of rotatable bonds is 1. The third kappa shape index (κ3) is 1.46. The second kappa shape index (κ2) is 3.14. The minimum absolute atomic E-state index is 0.307. The first kappa shape index (κ1) is 8.74. The van der Waals surface area contributed by atoms with E-state index in [0.717, 1.165) is 0 Å². The van der Waals surface area contributed by atoms with Gasteiger partial charge in [0.15, 0.2) is 0 Å². The molecule has 0 fully saturated rings. The summed E-state index contributed by atoms with van der Waals surface area (Å²) in [6.07, 6.45) is 3.37. The van der Waals surface area contributed by atoms with Crippen LogP contribution >= 0.6 is 0 Å². The zero-order valence-corrected chi connectivity index (χ0v) is 7.74. The molecular weight excluding hydrogens is 181 g/mol. The van der Waals surface area contributed by atoms with Crippen molar-refractivity contribution >= 4 is 5.69 Å². The predicted octanol–water partition coefficient (Wildman–Crippen LogP) is 1.81. The highest BCUT2D eigenvalue weighted by Gasteiger charge is 2.07. The van der Waals surface area contributed by atoms with E-state index in [9.17, 15) is 4.39 Å². The maximum absolute atomic E-state index is 13.4. The molecule has 0 atom stereocenters. The third-order valence-electron chi connectivity index (χ3n) is 1.97. The van der Waals surface area contributed by atoms with Gasteiger partial charge >= 0.3 is 0 Å². The molecular formula is C10H10FN3. The van der Waals surface area contributed by atoms with Crippen LogP contribution in [-0.2, 0) is 7.05 Å². The first-order valence-electron chi connectivity index (χ1n) is 4.20. The van der Waals surface area contributed by atoms with Crippen molar-refractivity contribution in [3.63, 3.8) is 0 Å². The number of hydrogen-bond donors (Lipinski definition) is 1. The maximum Gasteiger partial charge on any atom is 0.132 e. The predicted molar refractivity (Wildman–Crippen MR) is 53.0 cm³/mol. The summed E-state index contributed by atoms with van der Waals surface area (Å²) in [6.45, 7) is 0. The number of imidazole rings is 1. The molecule has 2 N–H and O–H groups in total. The number of benzene rings is 1. The molecule has 3 nitrogen and oxygen atoms in total. The molecule has 0 spiro atoms. The minimum atomic E-state index is -0.307. The summed E-state index contributed by atoms with van der Waals surface area (Å²) in [5.74, 6) is -0.307. The van der Waals surface area contributed by atoms with Crippen LogP contribution < -0.4 is 5.73 Å². The molecule has 1 heterocycles. The molecule has 1 aromatic heterocycles. The SMILES string of the molecule is Cn1cnc(-c2cc(N)ccc2F)c1. The molecule has 0 radical (unpaired) electrons. The van der Waals surface area contributed by atoms with E-state index >= 15 is 0 Å². The van der Waals surface area contributed by atoms with Gasteiger partial charge in [0.05, 0.1) is 12.0 Å². The third-order valence-corrected chi connectivity index (χ3v) is 1.97. The van der Waals surface area contributed by atoms with Crippen LogP contribution in [-0.4, -0.2) is 9.55 Å². The fourth-order valence-electron chi connectivity index (χ4n) is 1.29. The van der Waals surface area contributed by atoms with Crippen molar-refractivity contribution in [3.8, 4) is 11.3 Å². The van der Waals surface area contributed by atoms with Crippen molar-refractivity contribution in [1.29, 1.82) is 0 Å². The van der Waals surface area contributed by atoms with Gasteiger partial charge < -0.3 is 10.3 Å². The van der Waals surface area contributed by atoms with Gasteiger partial charge in [-0.2, -0.15) is 0 Å². The van der Waals surface area contributed by atoms with Crippen LogP contribution in [0.3, 0.4) is 0 Å². The second-order valence-corrected chi connectivity index (χ2v) is 3.16. The highest BCUT2D eigenvalue weighted by Crippen LogP contribution is 2.22. The van der Waals surface area contributed by atoms with Crippen molar-refractivity contribution in [1.82, 2.24) is 9.55 Å². The number of halogens is 1. The molecule has 0 bridgehead atoms. The van der Waals surface area contributed by atoms with Crippen molar-refractivity contribution in [3.05, 3.63) is 36.5 Å². The Morgan fingerprint density at radius 2 is 2.21 bits per heavy atom. The number of aromatic nitrogens is 2. The summed E-state index contributed by atoms with van der Waals surface area (Å²) in [6, 6.07) is 4.46. The zero-order valence-electron chi connectivity index (χ0n) is 7.74. The smallest absolute Gasteiger partial charge is 0.132 e. The Labute approximate surface area is 81.0 Å². The largest absolute Gasteiger partial charge is 0.399 e. The number of hydrogen-bond acceptors (Lipinski definition) is 2. The Kier molecular flexibility index (Phi) is 1.96. The Hall–Kier alpha value is -1.84. The molecule has 72 valence electrons. The lowest BCUT2D eigenvalue weighted by molar-refractivity contribution is 0.631. The lowest BCUT2D eigenvalue weighted by Crippen LogP contribution is -1.89. The molecule has 0 amide bonds. The standard InChI is InChI=1S/C10H10FN3/c1-14-5-10(13-6-14)8-4-7(12)2-3-9(8)11/h2-6H,12H2,1H3. The van der Waals surface area contributed by atoms with Gasteiger partial charge in [0.1, 0.15) is 5.82 Å². The highest BCUT2D eigenvalue weighted by molar-refractivity contribution is 5.64. The van der Waals surface area contributed by atoms with Gasteiger partial charge in [-0.15, -0.1) is 0 Å². The monoisotopic (exact) mass is 191 g/mol. The van der Waals surface area contributed by atoms with E-state index in [2.05, 4.69) is 4.98 Å². The Morgan fingerprint density at radius 3 is 2.86 bits per heavy atom. The molecule has 0 aliphatic carbocycles. The lowest BCUT2D eigenvalue weighted by Gasteiger charge is -2.00. The summed E-state index contributed by atoms with van der Waals surface area (Å²) in [5.41, 5.74) is 7.14. The maximum atomic E-state index is 13.4. The molecule has 0 saturated carbocycles. The summed E-state index contributed by atoms with van der Waals surface area (Å²) in [5, 5.41) is 0. The number of anilines is 1. The van der Waals surface area contributed by atoms with Crippen molar-refractivity contribution < 1.29 is 4.39 Å². The molecule has 2 aromatic rings. The van der Waals surface area contributed by atoms with Crippen molar-refractivity contribution in [2.45, 2.75) is 0 Å². The van der Waals surface area contributed by atoms with E-state index in [1.807, 2.05) is 7.05 Å². The van der Waals surface area contributed by atoms with Gasteiger partial charge in [-0.3, -0.25) is 0 Å². The van der Waals surface area contributed by atoms with Crippen molar-refractivity contribution in [2.75, 3.05) is 5.73 Å². The van der Waals surface area contributed by atoms with Crippen LogP contribution in [0, 0.1) is 5.82 Å². The molecule has 0 saturated heterocycles. The van der Waals surface area contributed by atoms with Crippen LogP contribution in [0.25, 0.3) is 11.3 Å². The fraction of sp³-hybridized carbons (Fsp3) is 0.100. The van der Waals surface area contributed by atoms with E-state index in [0.29, 0.717) is 16.9 Å². The molecule has 14 heavy (non-hydrogen) atoms. The summed E-state index contributed by atoms with van der Waals surface area (Å²) in [4.78, 5) is 4.06. The Bertz CT molecular complexity index is 462. The van der Waals surface area contributed by atoms with Gasteiger partial charge in [0.2, 0.25) is 0 Å². The van der Waals surface area contributed by atoms with E-state index in [4.69, 9.17) is 5.73 Å². The number of aryl methyl sites for hydroxylation is 1. The van der Waals surface area contributed by atoms with Crippen molar-refractivity contribution in [2.24, 2.45) is 7.05 Å². The van der Waals surface area contributed by atoms with Crippen LogP contribution in [0.15, 0.2) is 30.7 Å². The summed E-state index contributed by atoms with van der Waals surface area (Å²) < 4.78 is 15.1. The fourth-order valence-corrected chi connectivity index (χ4v) is 1.29. The average molecular weight is 191 g/mol. The molecule has 2 rings (SSSR count). The molecule has 1 aromatic carbocycles. The molecule has 4 heteroatoms. The Morgan fingerprint density at radius 1 is 1.43 bits per heavy atom. The van der Waals surface area contributed by atoms with Gasteiger partial charge in [-0.25, -0.2) is 9.37 Å². The molecule has 0 aliphatic heterocycles. The van der Waals surface area contributed by atoms with Gasteiger partial charge in [-0.05, 0) is 18.2 Å². The average Bonchev–Trinajstić information content (AvgIpc) is 2.56. The van der Waals surface area contributed by atoms with E-state index in [1.54, 1.807) is 23.2 Å². The second-order valence-electron chi connectivity index (χ2n) is 3.16. The Balaban J connectivity index is 2.55. The lowest BCUT2D eigenvalue weighted by atomic mass is 10.1. The topological polar surface area (TPSA) is 43.8 Å². The van der Waals surface area contributed by atoms with E-state index in [1.165, 1.54) is 12.1 Å². The zero-order chi connectivity index (χ0) is 10.1. The molecule has 0 aliphatic rings. The highest BCUT2D eigenvalue weighted by atomic mass is 19.1. The normalized spacial score (nSPS) is 10.4. The quantitative estimate of drug-likeness (QED) is 0.698. The van der Waals surface area contributed by atoms with Crippen LogP contribution in [0.4, 0.5) is 10.1 Å². The van der Waals surface area contributed by atoms with Gasteiger partial charge in [0.25, 0.3) is 0 Å². The van der Waals surface area contributed by atoms with Gasteiger partial charge in [0, 0.05) is 24.5 Å². The number of nitrogens with zero attached hydrogens (tertiary/aromatic N) is 2. The van der Waals surface area contributed by atoms with E-state index in [-0.39, 0.29) is 5.82 Å². The van der Waals surface area contributed by atoms with Crippen LogP contribution in [0.2, 0.25) is 0 Å². The van der Waals surface area contributed by atoms with Crippen LogP contribution in [0.5, 0.6) is 0 Å². The number of nitrogen functional groups attached to an aromatic ring is 1. The van der Waals surface area contributed by atoms with Crippen LogP contribution in [0.1, 0.15) is 0 Å². The number of nitrogens with two attached hydrogens (primary N) is 1.